The second-order valence-corrected chi connectivity index (χ2v) is 6.18. The minimum absolute atomic E-state index is 0.173. The Labute approximate surface area is 121 Å². The monoisotopic (exact) mass is 365 g/mol. The van der Waals surface area contributed by atoms with Crippen molar-refractivity contribution >= 4 is 39.9 Å². The van der Waals surface area contributed by atoms with E-state index >= 15 is 0 Å². The van der Waals surface area contributed by atoms with Crippen LogP contribution >= 0.6 is 34.2 Å². The molecule has 0 saturated heterocycles. The van der Waals surface area contributed by atoms with Gasteiger partial charge in [0, 0.05) is 14.3 Å². The van der Waals surface area contributed by atoms with Crippen LogP contribution in [0.2, 0.25) is 5.02 Å². The van der Waals surface area contributed by atoms with Gasteiger partial charge in [0.15, 0.2) is 0 Å². The maximum atomic E-state index is 10.1. The third kappa shape index (κ3) is 3.73. The van der Waals surface area contributed by atoms with Crippen molar-refractivity contribution in [3.8, 4) is 0 Å². The van der Waals surface area contributed by atoms with Crippen molar-refractivity contribution in [1.82, 2.24) is 0 Å². The van der Waals surface area contributed by atoms with Gasteiger partial charge in [-0.1, -0.05) is 30.9 Å². The summed E-state index contributed by atoms with van der Waals surface area (Å²) in [6.07, 6.45) is 5.27. The molecule has 1 fully saturated rings. The van der Waals surface area contributed by atoms with Gasteiger partial charge in [-0.25, -0.2) is 0 Å². The number of rotatable bonds is 2. The molecule has 0 spiro atoms. The van der Waals surface area contributed by atoms with Crippen LogP contribution < -0.4 is 5.32 Å². The average molecular weight is 366 g/mol. The zero-order valence-electron chi connectivity index (χ0n) is 9.63. The second kappa shape index (κ2) is 6.25. The number of benzene rings is 1. The predicted octanol–water partition coefficient (Wildman–Crippen LogP) is 4.05. The predicted molar refractivity (Wildman–Crippen MR) is 80.7 cm³/mol. The van der Waals surface area contributed by atoms with E-state index in [1.165, 1.54) is 12.8 Å². The quantitative estimate of drug-likeness (QED) is 0.612. The lowest BCUT2D eigenvalue weighted by molar-refractivity contribution is 0.144. The van der Waals surface area contributed by atoms with E-state index in [2.05, 4.69) is 27.9 Å². The Morgan fingerprint density at radius 3 is 2.76 bits per heavy atom. The fraction of sp³-hybridized carbons (Fsp3) is 0.538. The van der Waals surface area contributed by atoms with Crippen molar-refractivity contribution in [3.05, 3.63) is 26.8 Å². The zero-order valence-corrected chi connectivity index (χ0v) is 12.5. The summed E-state index contributed by atoms with van der Waals surface area (Å²) in [6.45, 7) is 0. The van der Waals surface area contributed by atoms with Crippen LogP contribution in [-0.4, -0.2) is 17.3 Å². The first-order valence-corrected chi connectivity index (χ1v) is 7.52. The highest BCUT2D eigenvalue weighted by Gasteiger charge is 2.21. The Bertz CT molecular complexity index is 386. The Balaban J connectivity index is 2.08. The van der Waals surface area contributed by atoms with Gasteiger partial charge in [-0.2, -0.15) is 0 Å². The fourth-order valence-corrected chi connectivity index (χ4v) is 3.29. The van der Waals surface area contributed by atoms with Crippen molar-refractivity contribution in [1.29, 1.82) is 0 Å². The first kappa shape index (κ1) is 13.4. The molecule has 2 rings (SSSR count). The molecule has 0 aliphatic heterocycles. The third-order valence-corrected chi connectivity index (χ3v) is 4.38. The van der Waals surface area contributed by atoms with Gasteiger partial charge in [-0.3, -0.25) is 0 Å². The first-order chi connectivity index (χ1) is 8.16. The van der Waals surface area contributed by atoms with Crippen LogP contribution in [0, 0.1) is 3.57 Å². The van der Waals surface area contributed by atoms with E-state index in [0.29, 0.717) is 0 Å². The summed E-state index contributed by atoms with van der Waals surface area (Å²) in [6, 6.07) is 5.98. The minimum Gasteiger partial charge on any atom is -0.391 e. The molecule has 2 nitrogen and oxygen atoms in total. The number of hydrogen-bond acceptors (Lipinski definition) is 2. The first-order valence-electron chi connectivity index (χ1n) is 6.06. The van der Waals surface area contributed by atoms with Gasteiger partial charge < -0.3 is 10.4 Å². The SMILES string of the molecule is OC1CCCCCC1Nc1ccc(Cl)cc1I. The lowest BCUT2D eigenvalue weighted by Crippen LogP contribution is -2.32. The number of anilines is 1. The van der Waals surface area contributed by atoms with Crippen LogP contribution in [0.25, 0.3) is 0 Å². The molecule has 17 heavy (non-hydrogen) atoms. The van der Waals surface area contributed by atoms with Crippen molar-refractivity contribution in [2.45, 2.75) is 44.2 Å². The molecule has 0 radical (unpaired) electrons. The summed E-state index contributed by atoms with van der Waals surface area (Å²) in [5.74, 6) is 0. The highest BCUT2D eigenvalue weighted by Crippen LogP contribution is 2.26. The maximum Gasteiger partial charge on any atom is 0.0741 e. The summed E-state index contributed by atoms with van der Waals surface area (Å²) in [5.41, 5.74) is 1.07. The van der Waals surface area contributed by atoms with E-state index in [0.717, 1.165) is 33.5 Å². The number of aliphatic hydroxyl groups excluding tert-OH is 1. The van der Waals surface area contributed by atoms with E-state index in [9.17, 15) is 5.11 Å². The van der Waals surface area contributed by atoms with Gasteiger partial charge >= 0.3 is 0 Å². The molecule has 94 valence electrons. The summed E-state index contributed by atoms with van der Waals surface area (Å²) in [5, 5.41) is 14.3. The molecule has 1 aliphatic carbocycles. The smallest absolute Gasteiger partial charge is 0.0741 e. The molecule has 2 N–H and O–H groups in total. The largest absolute Gasteiger partial charge is 0.391 e. The fourth-order valence-electron chi connectivity index (χ4n) is 2.26. The van der Waals surface area contributed by atoms with Crippen LogP contribution in [0.5, 0.6) is 0 Å². The summed E-state index contributed by atoms with van der Waals surface area (Å²) >= 11 is 8.20. The summed E-state index contributed by atoms with van der Waals surface area (Å²) in [4.78, 5) is 0. The highest BCUT2D eigenvalue weighted by atomic mass is 127. The maximum absolute atomic E-state index is 10.1. The molecule has 1 aromatic carbocycles. The van der Waals surface area contributed by atoms with E-state index < -0.39 is 0 Å². The van der Waals surface area contributed by atoms with Crippen LogP contribution in [0.1, 0.15) is 32.1 Å². The Kier molecular flexibility index (Phi) is 4.94. The van der Waals surface area contributed by atoms with E-state index in [1.807, 2.05) is 18.2 Å². The van der Waals surface area contributed by atoms with Gasteiger partial charge in [-0.05, 0) is 53.6 Å². The van der Waals surface area contributed by atoms with Gasteiger partial charge in [-0.15, -0.1) is 0 Å². The second-order valence-electron chi connectivity index (χ2n) is 4.58. The lowest BCUT2D eigenvalue weighted by atomic mass is 10.1. The molecule has 1 aliphatic rings. The topological polar surface area (TPSA) is 32.3 Å². The van der Waals surface area contributed by atoms with E-state index in [4.69, 9.17) is 11.6 Å². The zero-order chi connectivity index (χ0) is 12.3. The molecule has 2 atom stereocenters. The van der Waals surface area contributed by atoms with Crippen molar-refractivity contribution in [2.24, 2.45) is 0 Å². The molecular weight excluding hydrogens is 349 g/mol. The minimum atomic E-state index is -0.232. The number of halogens is 2. The Hall–Kier alpha value is -0.000000000000000111. The van der Waals surface area contributed by atoms with E-state index in [-0.39, 0.29) is 12.1 Å². The Morgan fingerprint density at radius 2 is 2.00 bits per heavy atom. The molecule has 4 heteroatoms. The van der Waals surface area contributed by atoms with Crippen molar-refractivity contribution in [3.63, 3.8) is 0 Å². The molecule has 2 unspecified atom stereocenters. The Morgan fingerprint density at radius 1 is 1.24 bits per heavy atom. The molecular formula is C13H17ClINO. The van der Waals surface area contributed by atoms with E-state index in [1.54, 1.807) is 0 Å². The van der Waals surface area contributed by atoms with Crippen LogP contribution in [0.3, 0.4) is 0 Å². The van der Waals surface area contributed by atoms with Crippen molar-refractivity contribution in [2.75, 3.05) is 5.32 Å². The molecule has 0 bridgehead atoms. The standard InChI is InChI=1S/C13H17ClINO/c14-9-6-7-11(10(15)8-9)16-12-4-2-1-3-5-13(12)17/h6-8,12-13,16-17H,1-5H2. The van der Waals surface area contributed by atoms with Gasteiger partial charge in [0.25, 0.3) is 0 Å². The highest BCUT2D eigenvalue weighted by molar-refractivity contribution is 14.1. The number of hydrogen-bond donors (Lipinski definition) is 2. The van der Waals surface area contributed by atoms with Gasteiger partial charge in [0.05, 0.1) is 12.1 Å². The van der Waals surface area contributed by atoms with Crippen molar-refractivity contribution < 1.29 is 5.11 Å². The summed E-state index contributed by atoms with van der Waals surface area (Å²) < 4.78 is 1.10. The molecule has 0 aromatic heterocycles. The van der Waals surface area contributed by atoms with Crippen LogP contribution in [-0.2, 0) is 0 Å². The molecule has 0 amide bonds. The lowest BCUT2D eigenvalue weighted by Gasteiger charge is -2.23. The molecule has 1 saturated carbocycles. The van der Waals surface area contributed by atoms with Gasteiger partial charge in [0.2, 0.25) is 0 Å². The number of aliphatic hydroxyl groups is 1. The third-order valence-electron chi connectivity index (χ3n) is 3.25. The normalized spacial score (nSPS) is 25.4. The summed E-state index contributed by atoms with van der Waals surface area (Å²) in [7, 11) is 0. The molecule has 1 aromatic rings. The number of nitrogens with one attached hydrogen (secondary N) is 1. The van der Waals surface area contributed by atoms with Crippen LogP contribution in [0.4, 0.5) is 5.69 Å². The average Bonchev–Trinajstić information content (AvgIpc) is 2.48. The van der Waals surface area contributed by atoms with Crippen LogP contribution in [0.15, 0.2) is 18.2 Å². The van der Waals surface area contributed by atoms with Gasteiger partial charge in [0.1, 0.15) is 0 Å². The molecule has 0 heterocycles.